The highest BCUT2D eigenvalue weighted by atomic mass is 16.5. The third-order valence-corrected chi connectivity index (χ3v) is 3.60. The maximum absolute atomic E-state index is 12.5. The summed E-state index contributed by atoms with van der Waals surface area (Å²) in [6.45, 7) is 6.05. The molecule has 0 aromatic heterocycles. The molecule has 0 saturated carbocycles. The van der Waals surface area contributed by atoms with Gasteiger partial charge in [-0.3, -0.25) is 4.79 Å². The molecule has 0 aliphatic rings. The largest absolute Gasteiger partial charge is 0.409 e. The van der Waals surface area contributed by atoms with Gasteiger partial charge in [0.05, 0.1) is 12.6 Å². The molecule has 1 atom stereocenters. The Morgan fingerprint density at radius 2 is 2.00 bits per heavy atom. The molecule has 0 aromatic rings. The number of nitrogens with zero attached hydrogens (tertiary/aromatic N) is 2. The lowest BCUT2D eigenvalue weighted by Gasteiger charge is -2.35. The molecule has 0 saturated heterocycles. The SMILES string of the molecule is CCC(CC)(C(=O)N(C)C(C)COC)C(N)=NO. The smallest absolute Gasteiger partial charge is 0.236 e. The van der Waals surface area contributed by atoms with E-state index >= 15 is 0 Å². The Morgan fingerprint density at radius 1 is 1.50 bits per heavy atom. The van der Waals surface area contributed by atoms with E-state index in [4.69, 9.17) is 15.7 Å². The molecule has 0 aromatic carbocycles. The first-order chi connectivity index (χ1) is 8.41. The van der Waals surface area contributed by atoms with Gasteiger partial charge in [-0.1, -0.05) is 19.0 Å². The van der Waals surface area contributed by atoms with E-state index in [0.717, 1.165) is 0 Å². The van der Waals surface area contributed by atoms with Crippen molar-refractivity contribution >= 4 is 11.7 Å². The molecule has 0 rings (SSSR count). The van der Waals surface area contributed by atoms with Crippen LogP contribution in [-0.4, -0.2) is 48.7 Å². The second-order valence-corrected chi connectivity index (χ2v) is 4.49. The average molecular weight is 259 g/mol. The molecule has 0 heterocycles. The van der Waals surface area contributed by atoms with Gasteiger partial charge in [0, 0.05) is 14.2 Å². The van der Waals surface area contributed by atoms with Crippen molar-refractivity contribution in [2.45, 2.75) is 39.7 Å². The molecule has 0 bridgehead atoms. The minimum absolute atomic E-state index is 0.0334. The zero-order chi connectivity index (χ0) is 14.3. The number of likely N-dealkylation sites (N-methyl/N-ethyl adjacent to an activating group) is 1. The second kappa shape index (κ2) is 7.20. The van der Waals surface area contributed by atoms with Gasteiger partial charge >= 0.3 is 0 Å². The molecule has 106 valence electrons. The molecule has 0 aliphatic heterocycles. The number of nitrogens with two attached hydrogens (primary N) is 1. The number of hydrogen-bond acceptors (Lipinski definition) is 4. The first-order valence-electron chi connectivity index (χ1n) is 6.15. The van der Waals surface area contributed by atoms with Crippen LogP contribution in [0.4, 0.5) is 0 Å². The van der Waals surface area contributed by atoms with Gasteiger partial charge in [-0.2, -0.15) is 0 Å². The van der Waals surface area contributed by atoms with Crippen molar-refractivity contribution in [2.24, 2.45) is 16.3 Å². The molecule has 0 spiro atoms. The summed E-state index contributed by atoms with van der Waals surface area (Å²) in [5.74, 6) is -0.179. The number of carbonyl (C=O) groups is 1. The number of methoxy groups -OCH3 is 1. The van der Waals surface area contributed by atoms with Crippen molar-refractivity contribution in [1.29, 1.82) is 0 Å². The predicted octanol–water partition coefficient (Wildman–Crippen LogP) is 1.03. The van der Waals surface area contributed by atoms with Crippen LogP contribution in [0.15, 0.2) is 5.16 Å². The Balaban J connectivity index is 5.21. The van der Waals surface area contributed by atoms with E-state index in [1.165, 1.54) is 0 Å². The van der Waals surface area contributed by atoms with Crippen LogP contribution in [0, 0.1) is 5.41 Å². The van der Waals surface area contributed by atoms with E-state index in [2.05, 4.69) is 5.16 Å². The van der Waals surface area contributed by atoms with Gasteiger partial charge in [0.2, 0.25) is 5.91 Å². The van der Waals surface area contributed by atoms with Gasteiger partial charge in [-0.05, 0) is 19.8 Å². The first kappa shape index (κ1) is 16.7. The van der Waals surface area contributed by atoms with Crippen molar-refractivity contribution in [1.82, 2.24) is 4.90 Å². The summed E-state index contributed by atoms with van der Waals surface area (Å²) in [5.41, 5.74) is 4.77. The summed E-state index contributed by atoms with van der Waals surface area (Å²) in [6.07, 6.45) is 0.977. The van der Waals surface area contributed by atoms with Crippen molar-refractivity contribution in [3.63, 3.8) is 0 Å². The van der Waals surface area contributed by atoms with Crippen LogP contribution in [-0.2, 0) is 9.53 Å². The second-order valence-electron chi connectivity index (χ2n) is 4.49. The minimum Gasteiger partial charge on any atom is -0.409 e. The summed E-state index contributed by atoms with van der Waals surface area (Å²) in [4.78, 5) is 14.1. The zero-order valence-electron chi connectivity index (χ0n) is 11.9. The summed E-state index contributed by atoms with van der Waals surface area (Å²) >= 11 is 0. The van der Waals surface area contributed by atoms with Crippen molar-refractivity contribution in [2.75, 3.05) is 20.8 Å². The molecule has 6 nitrogen and oxygen atoms in total. The fourth-order valence-corrected chi connectivity index (χ4v) is 2.01. The lowest BCUT2D eigenvalue weighted by Crippen LogP contribution is -2.52. The Kier molecular flexibility index (Phi) is 6.68. The monoisotopic (exact) mass is 259 g/mol. The number of oxime groups is 1. The molecule has 1 amide bonds. The highest BCUT2D eigenvalue weighted by Gasteiger charge is 2.42. The number of amides is 1. The summed E-state index contributed by atoms with van der Waals surface area (Å²) in [6, 6.07) is -0.0635. The quantitative estimate of drug-likeness (QED) is 0.309. The third-order valence-electron chi connectivity index (χ3n) is 3.60. The van der Waals surface area contributed by atoms with Crippen molar-refractivity contribution in [3.8, 4) is 0 Å². The lowest BCUT2D eigenvalue weighted by molar-refractivity contribution is -0.140. The lowest BCUT2D eigenvalue weighted by atomic mass is 9.79. The maximum Gasteiger partial charge on any atom is 0.236 e. The number of amidine groups is 1. The Bertz CT molecular complexity index is 301. The molecule has 0 fully saturated rings. The molecule has 6 heteroatoms. The summed E-state index contributed by atoms with van der Waals surface area (Å²) in [5, 5.41) is 11.9. The molecular weight excluding hydrogens is 234 g/mol. The van der Waals surface area contributed by atoms with E-state index in [-0.39, 0.29) is 17.8 Å². The molecule has 18 heavy (non-hydrogen) atoms. The van der Waals surface area contributed by atoms with Gasteiger partial charge in [0.15, 0.2) is 5.84 Å². The van der Waals surface area contributed by atoms with Crippen molar-refractivity contribution in [3.05, 3.63) is 0 Å². The fourth-order valence-electron chi connectivity index (χ4n) is 2.01. The Labute approximate surface area is 109 Å². The van der Waals surface area contributed by atoms with E-state index in [1.54, 1.807) is 19.1 Å². The number of ether oxygens (including phenoxy) is 1. The van der Waals surface area contributed by atoms with E-state index in [9.17, 15) is 4.79 Å². The van der Waals surface area contributed by atoms with E-state index in [0.29, 0.717) is 19.4 Å². The molecular formula is C12H25N3O3. The van der Waals surface area contributed by atoms with Gasteiger partial charge in [-0.15, -0.1) is 0 Å². The topological polar surface area (TPSA) is 88.2 Å². The molecule has 0 aliphatic carbocycles. The zero-order valence-corrected chi connectivity index (χ0v) is 11.9. The van der Waals surface area contributed by atoms with Crippen LogP contribution in [0.25, 0.3) is 0 Å². The van der Waals surface area contributed by atoms with Gasteiger partial charge in [0.25, 0.3) is 0 Å². The van der Waals surface area contributed by atoms with Gasteiger partial charge < -0.3 is 20.6 Å². The van der Waals surface area contributed by atoms with Gasteiger partial charge in [0.1, 0.15) is 5.41 Å². The standard InChI is InChI=1S/C12H25N3O3/c1-6-12(7-2,10(13)14-17)11(16)15(4)9(3)8-18-5/h9,17H,6-8H2,1-5H3,(H2,13,14). The fraction of sp³-hybridized carbons (Fsp3) is 0.833. The minimum atomic E-state index is -0.939. The van der Waals surface area contributed by atoms with Crippen LogP contribution in [0.2, 0.25) is 0 Å². The summed E-state index contributed by atoms with van der Waals surface area (Å²) < 4.78 is 5.04. The van der Waals surface area contributed by atoms with E-state index in [1.807, 2.05) is 20.8 Å². The van der Waals surface area contributed by atoms with E-state index < -0.39 is 5.41 Å². The highest BCUT2D eigenvalue weighted by Crippen LogP contribution is 2.29. The van der Waals surface area contributed by atoms with Crippen molar-refractivity contribution < 1.29 is 14.7 Å². The molecule has 0 radical (unpaired) electrons. The number of hydrogen-bond donors (Lipinski definition) is 2. The van der Waals surface area contributed by atoms with Crippen LogP contribution in [0.1, 0.15) is 33.6 Å². The van der Waals surface area contributed by atoms with Crippen LogP contribution < -0.4 is 5.73 Å². The normalized spacial score (nSPS) is 14.4. The maximum atomic E-state index is 12.5. The summed E-state index contributed by atoms with van der Waals surface area (Å²) in [7, 11) is 3.29. The van der Waals surface area contributed by atoms with Crippen LogP contribution >= 0.6 is 0 Å². The average Bonchev–Trinajstić information content (AvgIpc) is 2.39. The number of rotatable bonds is 7. The predicted molar refractivity (Wildman–Crippen MR) is 70.5 cm³/mol. The molecule has 1 unspecified atom stereocenters. The van der Waals surface area contributed by atoms with Gasteiger partial charge in [-0.25, -0.2) is 0 Å². The Hall–Kier alpha value is -1.30. The highest BCUT2D eigenvalue weighted by molar-refractivity contribution is 6.06. The number of carbonyl (C=O) groups excluding carboxylic acids is 1. The first-order valence-corrected chi connectivity index (χ1v) is 6.15. The van der Waals surface area contributed by atoms with Crippen LogP contribution in [0.3, 0.4) is 0 Å². The molecule has 3 N–H and O–H groups in total. The third kappa shape index (κ3) is 3.13. The Morgan fingerprint density at radius 3 is 2.33 bits per heavy atom. The van der Waals surface area contributed by atoms with Crippen LogP contribution in [0.5, 0.6) is 0 Å².